The van der Waals surface area contributed by atoms with Gasteiger partial charge in [-0.25, -0.2) is 4.99 Å². The summed E-state index contributed by atoms with van der Waals surface area (Å²) in [6, 6.07) is 10.5. The molecule has 0 unspecified atom stereocenters. The van der Waals surface area contributed by atoms with Crippen LogP contribution in [0.3, 0.4) is 0 Å². The molecule has 2 aliphatic rings. The van der Waals surface area contributed by atoms with Crippen molar-refractivity contribution in [3.63, 3.8) is 0 Å². The Morgan fingerprint density at radius 2 is 1.83 bits per heavy atom. The van der Waals surface area contributed by atoms with E-state index >= 15 is 0 Å². The number of furan rings is 1. The summed E-state index contributed by atoms with van der Waals surface area (Å²) in [5.74, 6) is -0.447. The van der Waals surface area contributed by atoms with Gasteiger partial charge in [0.15, 0.2) is 5.92 Å². The molecule has 0 aliphatic carbocycles. The number of guanidine groups is 1. The van der Waals surface area contributed by atoms with Crippen LogP contribution in [0.15, 0.2) is 52.1 Å². The average molecular weight is 412 g/mol. The molecule has 1 aromatic heterocycles. The molecule has 9 heteroatoms. The summed E-state index contributed by atoms with van der Waals surface area (Å²) < 4.78 is 15.7. The third kappa shape index (κ3) is 3.70. The lowest BCUT2D eigenvalue weighted by molar-refractivity contribution is -0.151. The highest BCUT2D eigenvalue weighted by Gasteiger charge is 2.43. The number of carbonyl (C=O) groups excluding carboxylic acids is 2. The number of ether oxygens (including phenoxy) is 2. The quantitative estimate of drug-likeness (QED) is 0.599. The number of benzene rings is 1. The predicted octanol–water partition coefficient (Wildman–Crippen LogP) is 1.43. The number of esters is 1. The topological polar surface area (TPSA) is 96.6 Å². The standard InChI is InChI=1S/C21H24N4O5/c1-28-15-7-4-3-6-14(15)24-9-11-25(12-10-24)21-22-18(16-8-5-13-30-16)17(19(26)23-21)20(27)29-2/h3-8,13,17-18H,9-12H2,1-2H3,(H,22,23,26)/t17-,18-/m0/s1. The predicted molar refractivity (Wildman–Crippen MR) is 109 cm³/mol. The van der Waals surface area contributed by atoms with E-state index in [9.17, 15) is 9.59 Å². The SMILES string of the molecule is COC(=O)[C@@H]1C(=O)NC(N2CCN(c3ccccc3OC)CC2)=N[C@H]1c1ccco1. The maximum Gasteiger partial charge on any atom is 0.320 e. The first-order chi connectivity index (χ1) is 14.6. The lowest BCUT2D eigenvalue weighted by Crippen LogP contribution is -2.57. The maximum atomic E-state index is 12.7. The van der Waals surface area contributed by atoms with Gasteiger partial charge in [0, 0.05) is 26.2 Å². The van der Waals surface area contributed by atoms with Gasteiger partial charge in [0.2, 0.25) is 11.9 Å². The molecule has 0 bridgehead atoms. The first-order valence-corrected chi connectivity index (χ1v) is 9.75. The summed E-state index contributed by atoms with van der Waals surface area (Å²) in [6.45, 7) is 2.79. The number of nitrogens with zero attached hydrogens (tertiary/aromatic N) is 3. The number of carbonyl (C=O) groups is 2. The van der Waals surface area contributed by atoms with Gasteiger partial charge in [-0.3, -0.25) is 14.9 Å². The van der Waals surface area contributed by atoms with Crippen molar-refractivity contribution in [3.8, 4) is 5.75 Å². The van der Waals surface area contributed by atoms with Crippen molar-refractivity contribution in [2.45, 2.75) is 6.04 Å². The molecule has 1 aromatic carbocycles. The van der Waals surface area contributed by atoms with E-state index in [1.165, 1.54) is 13.4 Å². The van der Waals surface area contributed by atoms with E-state index in [0.29, 0.717) is 24.8 Å². The van der Waals surface area contributed by atoms with Gasteiger partial charge in [0.1, 0.15) is 17.6 Å². The molecule has 30 heavy (non-hydrogen) atoms. The lowest BCUT2D eigenvalue weighted by Gasteiger charge is -2.39. The number of rotatable bonds is 4. The molecule has 9 nitrogen and oxygen atoms in total. The van der Waals surface area contributed by atoms with Crippen LogP contribution in [0.1, 0.15) is 11.8 Å². The molecule has 1 amide bonds. The van der Waals surface area contributed by atoms with Crippen molar-refractivity contribution in [2.75, 3.05) is 45.3 Å². The van der Waals surface area contributed by atoms with Crippen LogP contribution in [0.2, 0.25) is 0 Å². The highest BCUT2D eigenvalue weighted by atomic mass is 16.5. The molecule has 1 N–H and O–H groups in total. The number of aliphatic imine (C=N–C) groups is 1. The van der Waals surface area contributed by atoms with E-state index in [1.807, 2.05) is 29.2 Å². The number of para-hydroxylation sites is 2. The van der Waals surface area contributed by atoms with Crippen LogP contribution in [0.5, 0.6) is 5.75 Å². The summed E-state index contributed by atoms with van der Waals surface area (Å²) in [7, 11) is 2.92. The molecule has 1 saturated heterocycles. The Bertz CT molecular complexity index is 935. The maximum absolute atomic E-state index is 12.7. The minimum Gasteiger partial charge on any atom is -0.495 e. The normalized spacial score (nSPS) is 21.7. The third-order valence-corrected chi connectivity index (χ3v) is 5.39. The fourth-order valence-electron chi connectivity index (χ4n) is 3.83. The minimum atomic E-state index is -1.08. The van der Waals surface area contributed by atoms with Gasteiger partial charge in [-0.2, -0.15) is 0 Å². The van der Waals surface area contributed by atoms with Crippen molar-refractivity contribution in [3.05, 3.63) is 48.4 Å². The van der Waals surface area contributed by atoms with Gasteiger partial charge in [-0.15, -0.1) is 0 Å². The van der Waals surface area contributed by atoms with E-state index < -0.39 is 23.8 Å². The second-order valence-electron chi connectivity index (χ2n) is 7.05. The van der Waals surface area contributed by atoms with Crippen molar-refractivity contribution in [1.82, 2.24) is 10.2 Å². The molecule has 0 spiro atoms. The van der Waals surface area contributed by atoms with Gasteiger partial charge in [-0.05, 0) is 24.3 Å². The van der Waals surface area contributed by atoms with Crippen molar-refractivity contribution in [2.24, 2.45) is 10.9 Å². The van der Waals surface area contributed by atoms with Crippen molar-refractivity contribution < 1.29 is 23.5 Å². The van der Waals surface area contributed by atoms with E-state index in [-0.39, 0.29) is 0 Å². The second-order valence-corrected chi connectivity index (χ2v) is 7.05. The summed E-state index contributed by atoms with van der Waals surface area (Å²) in [5, 5.41) is 2.77. The third-order valence-electron chi connectivity index (χ3n) is 5.39. The molecule has 2 aliphatic heterocycles. The van der Waals surface area contributed by atoms with Crippen LogP contribution in [-0.4, -0.2) is 63.1 Å². The van der Waals surface area contributed by atoms with Crippen LogP contribution in [-0.2, 0) is 14.3 Å². The Morgan fingerprint density at radius 3 is 2.50 bits per heavy atom. The number of anilines is 1. The van der Waals surface area contributed by atoms with Crippen LogP contribution in [0.4, 0.5) is 5.69 Å². The first-order valence-electron chi connectivity index (χ1n) is 9.75. The first kappa shape index (κ1) is 19.8. The van der Waals surface area contributed by atoms with Crippen molar-refractivity contribution >= 4 is 23.5 Å². The molecular weight excluding hydrogens is 388 g/mol. The number of amides is 1. The number of nitrogens with one attached hydrogen (secondary N) is 1. The molecule has 1 fully saturated rings. The van der Waals surface area contributed by atoms with Crippen LogP contribution in [0, 0.1) is 5.92 Å². The van der Waals surface area contributed by atoms with Gasteiger partial charge in [0.25, 0.3) is 0 Å². The molecule has 0 radical (unpaired) electrons. The Balaban J connectivity index is 1.53. The van der Waals surface area contributed by atoms with Gasteiger partial charge in [-0.1, -0.05) is 12.1 Å². The summed E-state index contributed by atoms with van der Waals surface area (Å²) in [5.41, 5.74) is 1.04. The van der Waals surface area contributed by atoms with Crippen LogP contribution >= 0.6 is 0 Å². The molecule has 3 heterocycles. The number of hydrogen-bond acceptors (Lipinski definition) is 8. The zero-order valence-corrected chi connectivity index (χ0v) is 16.9. The Labute approximate surface area is 174 Å². The zero-order valence-electron chi connectivity index (χ0n) is 16.9. The number of hydrogen-bond donors (Lipinski definition) is 1. The van der Waals surface area contributed by atoms with Gasteiger partial charge < -0.3 is 23.7 Å². The molecule has 2 aromatic rings. The number of methoxy groups -OCH3 is 2. The monoisotopic (exact) mass is 412 g/mol. The Kier molecular flexibility index (Phi) is 5.60. The largest absolute Gasteiger partial charge is 0.495 e. The molecule has 0 saturated carbocycles. The molecular formula is C21H24N4O5. The second kappa shape index (κ2) is 8.48. The molecule has 158 valence electrons. The van der Waals surface area contributed by atoms with Crippen LogP contribution < -0.4 is 15.0 Å². The summed E-state index contributed by atoms with van der Waals surface area (Å²) >= 11 is 0. The van der Waals surface area contributed by atoms with E-state index in [4.69, 9.17) is 13.9 Å². The summed E-state index contributed by atoms with van der Waals surface area (Å²) in [6.07, 6.45) is 1.50. The molecule has 2 atom stereocenters. The zero-order chi connectivity index (χ0) is 21.1. The van der Waals surface area contributed by atoms with Gasteiger partial charge in [0.05, 0.1) is 26.2 Å². The number of piperazine rings is 1. The smallest absolute Gasteiger partial charge is 0.320 e. The summed E-state index contributed by atoms with van der Waals surface area (Å²) in [4.78, 5) is 33.8. The van der Waals surface area contributed by atoms with E-state index in [1.54, 1.807) is 19.2 Å². The van der Waals surface area contributed by atoms with E-state index in [0.717, 1.165) is 24.5 Å². The van der Waals surface area contributed by atoms with Gasteiger partial charge >= 0.3 is 5.97 Å². The lowest BCUT2D eigenvalue weighted by atomic mass is 9.95. The fourth-order valence-corrected chi connectivity index (χ4v) is 3.83. The van der Waals surface area contributed by atoms with Crippen molar-refractivity contribution in [1.29, 1.82) is 0 Å². The highest BCUT2D eigenvalue weighted by Crippen LogP contribution is 2.32. The van der Waals surface area contributed by atoms with E-state index in [2.05, 4.69) is 15.2 Å². The fraction of sp³-hybridized carbons (Fsp3) is 0.381. The highest BCUT2D eigenvalue weighted by molar-refractivity contribution is 6.08. The Morgan fingerprint density at radius 1 is 1.10 bits per heavy atom. The van der Waals surface area contributed by atoms with Crippen LogP contribution in [0.25, 0.3) is 0 Å². The Hall–Kier alpha value is -3.49. The molecule has 4 rings (SSSR count). The average Bonchev–Trinajstić information content (AvgIpc) is 3.33. The minimum absolute atomic E-state index is 0.444.